The van der Waals surface area contributed by atoms with Gasteiger partial charge >= 0.3 is 0 Å². The van der Waals surface area contributed by atoms with Gasteiger partial charge in [0.2, 0.25) is 0 Å². The third kappa shape index (κ3) is 1.94. The Morgan fingerprint density at radius 3 is 1.61 bits per heavy atom. The monoisotopic (exact) mass is 480 g/mol. The van der Waals surface area contributed by atoms with E-state index in [1.807, 2.05) is 6.20 Å². The predicted molar refractivity (Wildman–Crippen MR) is 151 cm³/mol. The van der Waals surface area contributed by atoms with Crippen molar-refractivity contribution < 1.29 is 0 Å². The molecular formula is C36H20N2. The summed E-state index contributed by atoms with van der Waals surface area (Å²) in [4.78, 5) is 10.0. The standard InChI is InChI=1S/C36H20N2/c1-2-4-27-23(3-1)16-37-36(38-27)26-15-24-13-21-8-7-19-11-17-5-6-18-12-20-9-10-22-14-25(26)35-33(22)31(20)29(18)28(17)30(19)32(21)34(24)35/h1-10,15-16H,11-14H2. The summed E-state index contributed by atoms with van der Waals surface area (Å²) in [5.41, 5.74) is 26.1. The van der Waals surface area contributed by atoms with Crippen molar-refractivity contribution in [1.82, 2.24) is 9.97 Å². The van der Waals surface area contributed by atoms with Gasteiger partial charge in [-0.25, -0.2) is 9.97 Å². The molecule has 0 spiro atoms. The van der Waals surface area contributed by atoms with Gasteiger partial charge in [-0.2, -0.15) is 0 Å². The lowest BCUT2D eigenvalue weighted by Gasteiger charge is -2.22. The van der Waals surface area contributed by atoms with Gasteiger partial charge in [-0.05, 0) is 127 Å². The fourth-order valence-electron chi connectivity index (χ4n) is 8.44. The van der Waals surface area contributed by atoms with Crippen molar-refractivity contribution in [2.45, 2.75) is 25.7 Å². The third-order valence-corrected chi connectivity index (χ3v) is 9.89. The summed E-state index contributed by atoms with van der Waals surface area (Å²) in [7, 11) is 0. The molecule has 0 saturated heterocycles. The van der Waals surface area contributed by atoms with Crippen molar-refractivity contribution in [2.24, 2.45) is 0 Å². The summed E-state index contributed by atoms with van der Waals surface area (Å²) in [5, 5.41) is 1.09. The maximum atomic E-state index is 5.09. The predicted octanol–water partition coefficient (Wildman–Crippen LogP) is 7.90. The summed E-state index contributed by atoms with van der Waals surface area (Å²) < 4.78 is 0. The molecule has 0 unspecified atom stereocenters. The van der Waals surface area contributed by atoms with E-state index in [0.717, 1.165) is 42.4 Å². The molecule has 174 valence electrons. The van der Waals surface area contributed by atoms with Crippen LogP contribution >= 0.6 is 0 Å². The van der Waals surface area contributed by atoms with E-state index >= 15 is 0 Å². The first-order valence-electron chi connectivity index (χ1n) is 13.7. The topological polar surface area (TPSA) is 25.8 Å². The Kier molecular flexibility index (Phi) is 2.92. The van der Waals surface area contributed by atoms with Crippen LogP contribution in [0.15, 0.2) is 72.9 Å². The Labute approximate surface area is 219 Å². The summed E-state index contributed by atoms with van der Waals surface area (Å²) in [5.74, 6) is 0.855. The highest BCUT2D eigenvalue weighted by molar-refractivity contribution is 6.14. The molecule has 0 radical (unpaired) electrons. The number of fused-ring (bicyclic) bond motifs is 1. The number of hydrogen-bond donors (Lipinski definition) is 0. The van der Waals surface area contributed by atoms with Crippen LogP contribution in [0.3, 0.4) is 0 Å². The Bertz CT molecular complexity index is 2180. The van der Waals surface area contributed by atoms with Gasteiger partial charge in [-0.3, -0.25) is 0 Å². The molecule has 2 nitrogen and oxygen atoms in total. The number of hydrogen-bond acceptors (Lipinski definition) is 2. The van der Waals surface area contributed by atoms with Crippen LogP contribution < -0.4 is 0 Å². The third-order valence-electron chi connectivity index (χ3n) is 9.89. The van der Waals surface area contributed by atoms with Crippen LogP contribution in [-0.2, 0) is 25.7 Å². The van der Waals surface area contributed by atoms with Gasteiger partial charge in [0.15, 0.2) is 5.82 Å². The van der Waals surface area contributed by atoms with Crippen molar-refractivity contribution in [2.75, 3.05) is 0 Å². The first-order chi connectivity index (χ1) is 18.8. The van der Waals surface area contributed by atoms with Gasteiger partial charge in [-0.1, -0.05) is 54.6 Å². The molecule has 1 aromatic heterocycles. The lowest BCUT2D eigenvalue weighted by Crippen LogP contribution is -1.99. The van der Waals surface area contributed by atoms with Gasteiger partial charge in [-0.15, -0.1) is 0 Å². The average Bonchev–Trinajstić information content (AvgIpc) is 3.68. The highest BCUT2D eigenvalue weighted by Gasteiger charge is 2.42. The quantitative estimate of drug-likeness (QED) is 0.239. The SMILES string of the molecule is c1ccc2nc(-c3cc4c5c6c3Cc3ccc7c(c3-6)-c3c(ccc6c3-c3c(ccc(c3-5)C4)C6)C7)ncc2c1. The Morgan fingerprint density at radius 1 is 0.474 bits per heavy atom. The van der Waals surface area contributed by atoms with E-state index in [4.69, 9.17) is 9.97 Å². The van der Waals surface area contributed by atoms with Gasteiger partial charge in [0.25, 0.3) is 0 Å². The summed E-state index contributed by atoms with van der Waals surface area (Å²) in [6, 6.07) is 25.2. The molecule has 2 heteroatoms. The largest absolute Gasteiger partial charge is 0.236 e. The van der Waals surface area contributed by atoms with Crippen LogP contribution in [0.1, 0.15) is 44.5 Å². The summed E-state index contributed by atoms with van der Waals surface area (Å²) in [6.45, 7) is 0. The number of para-hydroxylation sites is 1. The Balaban J connectivity index is 1.34. The van der Waals surface area contributed by atoms with Crippen molar-refractivity contribution in [3.8, 4) is 55.9 Å². The lowest BCUT2D eigenvalue weighted by atomic mass is 9.80. The van der Waals surface area contributed by atoms with E-state index in [9.17, 15) is 0 Å². The van der Waals surface area contributed by atoms with Gasteiger partial charge < -0.3 is 0 Å². The second-order valence-electron chi connectivity index (χ2n) is 11.7. The van der Waals surface area contributed by atoms with E-state index in [-0.39, 0.29) is 0 Å². The van der Waals surface area contributed by atoms with Crippen molar-refractivity contribution in [3.05, 3.63) is 117 Å². The van der Waals surface area contributed by atoms with E-state index in [1.165, 1.54) is 94.6 Å². The molecule has 0 bridgehead atoms. The van der Waals surface area contributed by atoms with Crippen molar-refractivity contribution in [3.63, 3.8) is 0 Å². The molecule has 1 heterocycles. The van der Waals surface area contributed by atoms with E-state index in [0.29, 0.717) is 0 Å². The summed E-state index contributed by atoms with van der Waals surface area (Å²) >= 11 is 0. The summed E-state index contributed by atoms with van der Waals surface area (Å²) in [6.07, 6.45) is 6.02. The van der Waals surface area contributed by atoms with Crippen LogP contribution in [0.5, 0.6) is 0 Å². The second-order valence-corrected chi connectivity index (χ2v) is 11.7. The van der Waals surface area contributed by atoms with Gasteiger partial charge in [0.05, 0.1) is 5.52 Å². The minimum Gasteiger partial charge on any atom is -0.236 e. The molecule has 38 heavy (non-hydrogen) atoms. The minimum atomic E-state index is 0.855. The Hall–Kier alpha value is -4.56. The maximum absolute atomic E-state index is 5.09. The van der Waals surface area contributed by atoms with Gasteiger partial charge in [0, 0.05) is 17.1 Å². The lowest BCUT2D eigenvalue weighted by molar-refractivity contribution is 1.17. The van der Waals surface area contributed by atoms with Crippen LogP contribution in [0.4, 0.5) is 0 Å². The molecule has 0 aliphatic heterocycles. The van der Waals surface area contributed by atoms with E-state index in [2.05, 4.69) is 66.7 Å². The van der Waals surface area contributed by atoms with Gasteiger partial charge in [0.1, 0.15) is 0 Å². The molecule has 11 rings (SSSR count). The first-order valence-corrected chi connectivity index (χ1v) is 13.7. The zero-order valence-electron chi connectivity index (χ0n) is 20.7. The molecule has 5 aliphatic rings. The van der Waals surface area contributed by atoms with Crippen LogP contribution in [0.2, 0.25) is 0 Å². The van der Waals surface area contributed by atoms with Crippen LogP contribution in [-0.4, -0.2) is 9.97 Å². The molecular weight excluding hydrogens is 460 g/mol. The highest BCUT2D eigenvalue weighted by Crippen LogP contribution is 2.63. The first kappa shape index (κ1) is 18.6. The van der Waals surface area contributed by atoms with E-state index < -0.39 is 0 Å². The molecule has 5 aliphatic carbocycles. The number of aromatic nitrogens is 2. The normalized spacial score (nSPS) is 14.9. The van der Waals surface area contributed by atoms with Crippen LogP contribution in [0, 0.1) is 0 Å². The Morgan fingerprint density at radius 2 is 0.974 bits per heavy atom. The number of benzene rings is 5. The zero-order valence-corrected chi connectivity index (χ0v) is 20.7. The second kappa shape index (κ2) is 5.95. The fraction of sp³-hybridized carbons (Fsp3) is 0.111. The molecule has 5 aromatic carbocycles. The van der Waals surface area contributed by atoms with Crippen molar-refractivity contribution in [1.29, 1.82) is 0 Å². The van der Waals surface area contributed by atoms with E-state index in [1.54, 1.807) is 0 Å². The van der Waals surface area contributed by atoms with Crippen molar-refractivity contribution >= 4 is 10.9 Å². The van der Waals surface area contributed by atoms with Crippen LogP contribution in [0.25, 0.3) is 66.8 Å². The molecule has 0 saturated carbocycles. The smallest absolute Gasteiger partial charge is 0.160 e. The number of rotatable bonds is 1. The zero-order chi connectivity index (χ0) is 24.3. The molecule has 0 fully saturated rings. The molecule has 0 atom stereocenters. The highest BCUT2D eigenvalue weighted by atomic mass is 14.9. The molecule has 6 aromatic rings. The molecule has 0 amide bonds. The fourth-order valence-corrected chi connectivity index (χ4v) is 8.44. The minimum absolute atomic E-state index is 0.855. The number of nitrogens with zero attached hydrogens (tertiary/aromatic N) is 2. The average molecular weight is 481 g/mol. The maximum Gasteiger partial charge on any atom is 0.160 e. The molecule has 0 N–H and O–H groups in total.